The number of amides is 3. The zero-order chi connectivity index (χ0) is 15.8. The first-order valence-corrected chi connectivity index (χ1v) is 7.52. The maximum atomic E-state index is 11.7. The molecule has 1 fully saturated rings. The number of likely N-dealkylation sites (tertiary alicyclic amines) is 1. The molecule has 1 heterocycles. The first kappa shape index (κ1) is 17.3. The maximum absolute atomic E-state index is 11.7. The summed E-state index contributed by atoms with van der Waals surface area (Å²) in [4.78, 5) is 46.7. The number of nitrogens with zero attached hydrogens (tertiary/aromatic N) is 1. The van der Waals surface area contributed by atoms with E-state index in [-0.39, 0.29) is 48.8 Å². The minimum atomic E-state index is -0.262. The molecule has 0 bridgehead atoms. The Morgan fingerprint density at radius 2 is 1.90 bits per heavy atom. The Morgan fingerprint density at radius 1 is 1.19 bits per heavy atom. The lowest BCUT2D eigenvalue weighted by Gasteiger charge is -2.13. The van der Waals surface area contributed by atoms with Crippen molar-refractivity contribution in [3.8, 4) is 0 Å². The summed E-state index contributed by atoms with van der Waals surface area (Å²) in [5.41, 5.74) is 0. The lowest BCUT2D eigenvalue weighted by Crippen LogP contribution is -2.35. The lowest BCUT2D eigenvalue weighted by atomic mass is 10.1. The third kappa shape index (κ3) is 6.06. The molecule has 1 atom stereocenters. The third-order valence-electron chi connectivity index (χ3n) is 3.56. The smallest absolute Gasteiger partial charge is 0.232 e. The van der Waals surface area contributed by atoms with Gasteiger partial charge in [0.05, 0.1) is 0 Å². The molecule has 3 amide bonds. The second-order valence-corrected chi connectivity index (χ2v) is 5.60. The number of imide groups is 1. The van der Waals surface area contributed by atoms with Crippen LogP contribution in [0.2, 0.25) is 0 Å². The monoisotopic (exact) mass is 296 g/mol. The second kappa shape index (κ2) is 8.54. The van der Waals surface area contributed by atoms with Crippen molar-refractivity contribution < 1.29 is 19.2 Å². The molecule has 0 aromatic heterocycles. The van der Waals surface area contributed by atoms with Crippen molar-refractivity contribution in [1.29, 1.82) is 0 Å². The summed E-state index contributed by atoms with van der Waals surface area (Å²) in [6, 6.07) is 0. The largest absolute Gasteiger partial charge is 0.356 e. The Hall–Kier alpha value is -1.72. The molecule has 0 spiro atoms. The average Bonchev–Trinajstić information content (AvgIpc) is 2.65. The zero-order valence-corrected chi connectivity index (χ0v) is 12.8. The maximum Gasteiger partial charge on any atom is 0.232 e. The van der Waals surface area contributed by atoms with Gasteiger partial charge in [-0.05, 0) is 19.8 Å². The van der Waals surface area contributed by atoms with E-state index in [4.69, 9.17) is 0 Å². The van der Waals surface area contributed by atoms with E-state index in [9.17, 15) is 19.2 Å². The molecule has 1 rings (SSSR count). The molecule has 1 aliphatic rings. The summed E-state index contributed by atoms with van der Waals surface area (Å²) in [6.07, 6.45) is 3.57. The Labute approximate surface area is 125 Å². The summed E-state index contributed by atoms with van der Waals surface area (Å²) in [5, 5.41) is 2.76. The van der Waals surface area contributed by atoms with Gasteiger partial charge >= 0.3 is 0 Å². The van der Waals surface area contributed by atoms with Gasteiger partial charge in [-0.3, -0.25) is 19.3 Å². The van der Waals surface area contributed by atoms with Crippen molar-refractivity contribution in [2.45, 2.75) is 52.4 Å². The molecule has 6 heteroatoms. The molecule has 118 valence electrons. The number of ketones is 1. The summed E-state index contributed by atoms with van der Waals surface area (Å²) in [6.45, 7) is 4.03. The number of hydrogen-bond acceptors (Lipinski definition) is 4. The van der Waals surface area contributed by atoms with Crippen LogP contribution >= 0.6 is 0 Å². The van der Waals surface area contributed by atoms with Crippen molar-refractivity contribution >= 4 is 23.5 Å². The topological polar surface area (TPSA) is 83.6 Å². The average molecular weight is 296 g/mol. The SMILES string of the molecule is CC(=O)CCCCCNC(=O)CCN1C(=O)CC(C)C1=O. The summed E-state index contributed by atoms with van der Waals surface area (Å²) >= 11 is 0. The molecule has 0 aromatic rings. The molecular formula is C15H24N2O4. The van der Waals surface area contributed by atoms with Gasteiger partial charge in [0.1, 0.15) is 5.78 Å². The third-order valence-corrected chi connectivity index (χ3v) is 3.56. The number of hydrogen-bond donors (Lipinski definition) is 1. The quantitative estimate of drug-likeness (QED) is 0.509. The van der Waals surface area contributed by atoms with E-state index < -0.39 is 0 Å². The Bertz CT molecular complexity index is 420. The highest BCUT2D eigenvalue weighted by atomic mass is 16.2. The molecule has 1 saturated heterocycles. The minimum Gasteiger partial charge on any atom is -0.356 e. The van der Waals surface area contributed by atoms with Gasteiger partial charge in [0.2, 0.25) is 17.7 Å². The van der Waals surface area contributed by atoms with Crippen molar-refractivity contribution in [3.05, 3.63) is 0 Å². The Kier molecular flexibility index (Phi) is 7.05. The van der Waals surface area contributed by atoms with Crippen LogP contribution in [0.25, 0.3) is 0 Å². The first-order valence-electron chi connectivity index (χ1n) is 7.52. The highest BCUT2D eigenvalue weighted by Gasteiger charge is 2.35. The molecule has 0 aliphatic carbocycles. The number of carbonyl (C=O) groups excluding carboxylic acids is 4. The van der Waals surface area contributed by atoms with Gasteiger partial charge in [-0.15, -0.1) is 0 Å². The van der Waals surface area contributed by atoms with Crippen LogP contribution in [0.1, 0.15) is 52.4 Å². The van der Waals surface area contributed by atoms with E-state index in [2.05, 4.69) is 5.32 Å². The molecule has 6 nitrogen and oxygen atoms in total. The number of Topliss-reactive ketones (excluding diaryl/α,β-unsaturated/α-hetero) is 1. The van der Waals surface area contributed by atoms with Crippen LogP contribution < -0.4 is 5.32 Å². The highest BCUT2D eigenvalue weighted by molar-refractivity contribution is 6.03. The van der Waals surface area contributed by atoms with E-state index >= 15 is 0 Å². The van der Waals surface area contributed by atoms with Crippen LogP contribution in [-0.2, 0) is 19.2 Å². The summed E-state index contributed by atoms with van der Waals surface area (Å²) < 4.78 is 0. The predicted octanol–water partition coefficient (Wildman–Crippen LogP) is 1.04. The van der Waals surface area contributed by atoms with Gasteiger partial charge < -0.3 is 10.1 Å². The fraction of sp³-hybridized carbons (Fsp3) is 0.733. The molecule has 0 saturated carbocycles. The fourth-order valence-corrected chi connectivity index (χ4v) is 2.29. The molecule has 1 N–H and O–H groups in total. The second-order valence-electron chi connectivity index (χ2n) is 5.60. The minimum absolute atomic E-state index is 0.150. The molecule has 21 heavy (non-hydrogen) atoms. The highest BCUT2D eigenvalue weighted by Crippen LogP contribution is 2.18. The molecule has 0 radical (unpaired) electrons. The normalized spacial score (nSPS) is 18.2. The standard InChI is InChI=1S/C15H24N2O4/c1-11-10-14(20)17(15(11)21)9-7-13(19)16-8-5-3-4-6-12(2)18/h11H,3-10H2,1-2H3,(H,16,19). The van der Waals surface area contributed by atoms with Crippen molar-refractivity contribution in [1.82, 2.24) is 10.2 Å². The van der Waals surface area contributed by atoms with Gasteiger partial charge in [-0.1, -0.05) is 13.3 Å². The zero-order valence-electron chi connectivity index (χ0n) is 12.8. The number of nitrogens with one attached hydrogen (secondary N) is 1. The number of rotatable bonds is 9. The Morgan fingerprint density at radius 3 is 2.48 bits per heavy atom. The van der Waals surface area contributed by atoms with Gasteiger partial charge in [-0.2, -0.15) is 0 Å². The van der Waals surface area contributed by atoms with Gasteiger partial charge in [0.15, 0.2) is 0 Å². The first-order chi connectivity index (χ1) is 9.91. The van der Waals surface area contributed by atoms with Crippen LogP contribution in [-0.4, -0.2) is 41.5 Å². The van der Waals surface area contributed by atoms with Crippen LogP contribution in [0.5, 0.6) is 0 Å². The molecule has 1 unspecified atom stereocenters. The van der Waals surface area contributed by atoms with E-state index in [0.29, 0.717) is 13.0 Å². The predicted molar refractivity (Wildman–Crippen MR) is 77.3 cm³/mol. The number of unbranched alkanes of at least 4 members (excludes halogenated alkanes) is 2. The van der Waals surface area contributed by atoms with Crippen LogP contribution in [0.4, 0.5) is 0 Å². The molecular weight excluding hydrogens is 272 g/mol. The van der Waals surface area contributed by atoms with Crippen LogP contribution in [0, 0.1) is 5.92 Å². The Balaban J connectivity index is 2.10. The van der Waals surface area contributed by atoms with Crippen LogP contribution in [0.3, 0.4) is 0 Å². The van der Waals surface area contributed by atoms with E-state index in [1.165, 1.54) is 4.90 Å². The molecule has 0 aromatic carbocycles. The summed E-state index contributed by atoms with van der Waals surface area (Å²) in [5.74, 6) is -0.599. The van der Waals surface area contributed by atoms with E-state index in [0.717, 1.165) is 19.3 Å². The van der Waals surface area contributed by atoms with Gasteiger partial charge in [0.25, 0.3) is 0 Å². The van der Waals surface area contributed by atoms with Crippen molar-refractivity contribution in [3.63, 3.8) is 0 Å². The van der Waals surface area contributed by atoms with E-state index in [1.54, 1.807) is 13.8 Å². The summed E-state index contributed by atoms with van der Waals surface area (Å²) in [7, 11) is 0. The lowest BCUT2D eigenvalue weighted by molar-refractivity contribution is -0.139. The van der Waals surface area contributed by atoms with Crippen molar-refractivity contribution in [2.75, 3.05) is 13.1 Å². The fourth-order valence-electron chi connectivity index (χ4n) is 2.29. The van der Waals surface area contributed by atoms with Gasteiger partial charge in [0, 0.05) is 38.3 Å². The van der Waals surface area contributed by atoms with E-state index in [1.807, 2.05) is 0 Å². The number of carbonyl (C=O) groups is 4. The van der Waals surface area contributed by atoms with Crippen LogP contribution in [0.15, 0.2) is 0 Å². The van der Waals surface area contributed by atoms with Gasteiger partial charge in [-0.25, -0.2) is 0 Å². The van der Waals surface area contributed by atoms with Crippen molar-refractivity contribution in [2.24, 2.45) is 5.92 Å². The molecule has 1 aliphatic heterocycles.